The molecule has 1 aromatic carbocycles. The predicted octanol–water partition coefficient (Wildman–Crippen LogP) is 2.45. The van der Waals surface area contributed by atoms with E-state index in [0.29, 0.717) is 5.75 Å². The highest BCUT2D eigenvalue weighted by atomic mass is 32.2. The molecule has 0 spiro atoms. The van der Waals surface area contributed by atoms with Gasteiger partial charge in [-0.1, -0.05) is 42.1 Å². The van der Waals surface area contributed by atoms with Crippen molar-refractivity contribution >= 4 is 23.7 Å². The fraction of sp³-hybridized carbons (Fsp3) is 0.231. The van der Waals surface area contributed by atoms with Crippen LogP contribution in [-0.2, 0) is 24.8 Å². The summed E-state index contributed by atoms with van der Waals surface area (Å²) >= 11 is 0.736. The number of ether oxygens (including phenoxy) is 2. The zero-order valence-electron chi connectivity index (χ0n) is 10.5. The average Bonchev–Trinajstić information content (AvgIpc) is 2.45. The number of esters is 2. The van der Waals surface area contributed by atoms with Gasteiger partial charge in [0.1, 0.15) is 0 Å². The maximum atomic E-state index is 13.9. The van der Waals surface area contributed by atoms with E-state index in [1.807, 2.05) is 30.3 Å². The third-order valence-corrected chi connectivity index (χ3v) is 3.12. The summed E-state index contributed by atoms with van der Waals surface area (Å²) in [6.45, 7) is 0. The van der Waals surface area contributed by atoms with E-state index in [-0.39, 0.29) is 0 Å². The van der Waals surface area contributed by atoms with Crippen molar-refractivity contribution in [1.82, 2.24) is 0 Å². The highest BCUT2D eigenvalue weighted by Crippen LogP contribution is 2.26. The van der Waals surface area contributed by atoms with Gasteiger partial charge in [-0.25, -0.2) is 9.59 Å². The summed E-state index contributed by atoms with van der Waals surface area (Å²) in [5.74, 6) is -1.81. The zero-order chi connectivity index (χ0) is 14.3. The molecule has 0 bridgehead atoms. The van der Waals surface area contributed by atoms with Gasteiger partial charge < -0.3 is 9.47 Å². The first-order chi connectivity index (χ1) is 9.10. The third-order valence-electron chi connectivity index (χ3n) is 2.18. The summed E-state index contributed by atoms with van der Waals surface area (Å²) in [5, 5.41) is -0.914. The molecule has 0 N–H and O–H groups in total. The monoisotopic (exact) mass is 284 g/mol. The molecular formula is C13H13FO4S. The van der Waals surface area contributed by atoms with Crippen molar-refractivity contribution in [2.75, 3.05) is 14.2 Å². The lowest BCUT2D eigenvalue weighted by molar-refractivity contribution is -0.144. The number of thioether (sulfide) groups is 1. The van der Waals surface area contributed by atoms with E-state index in [4.69, 9.17) is 0 Å². The molecule has 0 fully saturated rings. The Hall–Kier alpha value is -1.82. The van der Waals surface area contributed by atoms with Crippen molar-refractivity contribution in [3.05, 3.63) is 46.6 Å². The van der Waals surface area contributed by atoms with Crippen LogP contribution in [0.3, 0.4) is 0 Å². The molecule has 1 aromatic rings. The SMILES string of the molecule is COC(=O)C(C(=O)OC)=C(F)SCc1ccccc1. The van der Waals surface area contributed by atoms with Crippen molar-refractivity contribution in [2.45, 2.75) is 5.75 Å². The Labute approximate surface area is 114 Å². The summed E-state index contributed by atoms with van der Waals surface area (Å²) in [5.41, 5.74) is 0.155. The molecule has 4 nitrogen and oxygen atoms in total. The van der Waals surface area contributed by atoms with Crippen molar-refractivity contribution in [2.24, 2.45) is 0 Å². The van der Waals surface area contributed by atoms with Crippen molar-refractivity contribution < 1.29 is 23.5 Å². The third kappa shape index (κ3) is 4.40. The van der Waals surface area contributed by atoms with Gasteiger partial charge in [0, 0.05) is 5.75 Å². The zero-order valence-corrected chi connectivity index (χ0v) is 11.3. The minimum Gasteiger partial charge on any atom is -0.465 e. The van der Waals surface area contributed by atoms with Gasteiger partial charge in [-0.05, 0) is 5.56 Å². The van der Waals surface area contributed by atoms with Crippen LogP contribution in [0.15, 0.2) is 41.1 Å². The fourth-order valence-corrected chi connectivity index (χ4v) is 2.04. The maximum Gasteiger partial charge on any atom is 0.348 e. The normalized spacial score (nSPS) is 9.63. The molecule has 0 aliphatic heterocycles. The van der Waals surface area contributed by atoms with Crippen LogP contribution in [0, 0.1) is 0 Å². The van der Waals surface area contributed by atoms with Gasteiger partial charge in [-0.2, -0.15) is 4.39 Å². The van der Waals surface area contributed by atoms with E-state index < -0.39 is 22.7 Å². The summed E-state index contributed by atoms with van der Waals surface area (Å²) in [7, 11) is 2.14. The van der Waals surface area contributed by atoms with E-state index in [1.54, 1.807) is 0 Å². The molecule has 19 heavy (non-hydrogen) atoms. The van der Waals surface area contributed by atoms with Crippen molar-refractivity contribution in [3.63, 3.8) is 0 Å². The number of hydrogen-bond acceptors (Lipinski definition) is 5. The largest absolute Gasteiger partial charge is 0.465 e. The van der Waals surface area contributed by atoms with Crippen LogP contribution in [0.4, 0.5) is 4.39 Å². The number of halogens is 1. The second kappa shape index (κ2) is 7.58. The Morgan fingerprint density at radius 2 is 1.63 bits per heavy atom. The van der Waals surface area contributed by atoms with Crippen LogP contribution in [0.1, 0.15) is 5.56 Å². The Bertz CT molecular complexity index is 467. The van der Waals surface area contributed by atoms with Crippen LogP contribution in [-0.4, -0.2) is 26.2 Å². The smallest absolute Gasteiger partial charge is 0.348 e. The minimum atomic E-state index is -1.05. The molecule has 102 valence electrons. The highest BCUT2D eigenvalue weighted by Gasteiger charge is 2.25. The molecule has 0 saturated carbocycles. The van der Waals surface area contributed by atoms with Gasteiger partial charge in [0.15, 0.2) is 10.7 Å². The topological polar surface area (TPSA) is 52.6 Å². The molecule has 1 rings (SSSR count). The number of benzene rings is 1. The molecule has 0 atom stereocenters. The van der Waals surface area contributed by atoms with Crippen LogP contribution in [0.25, 0.3) is 0 Å². The van der Waals surface area contributed by atoms with E-state index >= 15 is 0 Å². The summed E-state index contributed by atoms with van der Waals surface area (Å²) in [6, 6.07) is 9.11. The number of rotatable bonds is 5. The van der Waals surface area contributed by atoms with Crippen LogP contribution in [0.2, 0.25) is 0 Å². The first-order valence-electron chi connectivity index (χ1n) is 5.33. The number of carbonyl (C=O) groups excluding carboxylic acids is 2. The predicted molar refractivity (Wildman–Crippen MR) is 69.9 cm³/mol. The lowest BCUT2D eigenvalue weighted by Gasteiger charge is -2.05. The summed E-state index contributed by atoms with van der Waals surface area (Å²) in [6.07, 6.45) is 0. The molecule has 0 saturated heterocycles. The standard InChI is InChI=1S/C13H13FO4S/c1-17-12(15)10(13(16)18-2)11(14)19-8-9-6-4-3-5-7-9/h3-7H,8H2,1-2H3. The number of hydrogen-bond donors (Lipinski definition) is 0. The van der Waals surface area contributed by atoms with E-state index in [9.17, 15) is 14.0 Å². The van der Waals surface area contributed by atoms with Crippen LogP contribution in [0.5, 0.6) is 0 Å². The molecule has 0 amide bonds. The second-order valence-electron chi connectivity index (χ2n) is 3.41. The molecule has 0 aliphatic carbocycles. The van der Waals surface area contributed by atoms with Gasteiger partial charge >= 0.3 is 11.9 Å². The molecule has 0 aliphatic rings. The van der Waals surface area contributed by atoms with Gasteiger partial charge in [0.25, 0.3) is 0 Å². The first-order valence-corrected chi connectivity index (χ1v) is 6.31. The quantitative estimate of drug-likeness (QED) is 0.360. The number of carbonyl (C=O) groups is 2. The molecule has 6 heteroatoms. The fourth-order valence-electron chi connectivity index (χ4n) is 1.24. The minimum absolute atomic E-state index is 0.296. The Morgan fingerprint density at radius 1 is 1.11 bits per heavy atom. The van der Waals surface area contributed by atoms with Gasteiger partial charge in [-0.3, -0.25) is 0 Å². The number of methoxy groups -OCH3 is 2. The van der Waals surface area contributed by atoms with E-state index in [2.05, 4.69) is 9.47 Å². The van der Waals surface area contributed by atoms with Crippen LogP contribution >= 0.6 is 11.8 Å². The molecule has 0 aromatic heterocycles. The molecule has 0 heterocycles. The Kier molecular flexibility index (Phi) is 6.08. The highest BCUT2D eigenvalue weighted by molar-refractivity contribution is 8.02. The average molecular weight is 284 g/mol. The van der Waals surface area contributed by atoms with Gasteiger partial charge in [-0.15, -0.1) is 0 Å². The molecule has 0 radical (unpaired) electrons. The maximum absolute atomic E-state index is 13.9. The second-order valence-corrected chi connectivity index (χ2v) is 4.34. The van der Waals surface area contributed by atoms with E-state index in [1.165, 1.54) is 0 Å². The van der Waals surface area contributed by atoms with Crippen molar-refractivity contribution in [3.8, 4) is 0 Å². The van der Waals surface area contributed by atoms with E-state index in [0.717, 1.165) is 31.5 Å². The van der Waals surface area contributed by atoms with Gasteiger partial charge in [0.2, 0.25) is 0 Å². The van der Waals surface area contributed by atoms with Gasteiger partial charge in [0.05, 0.1) is 14.2 Å². The molecular weight excluding hydrogens is 271 g/mol. The Balaban J connectivity index is 2.85. The molecule has 0 unspecified atom stereocenters. The Morgan fingerprint density at radius 3 is 2.11 bits per heavy atom. The first kappa shape index (κ1) is 15.2. The lowest BCUT2D eigenvalue weighted by atomic mass is 10.2. The summed E-state index contributed by atoms with van der Waals surface area (Å²) < 4.78 is 22.6. The summed E-state index contributed by atoms with van der Waals surface area (Å²) in [4.78, 5) is 22.7. The van der Waals surface area contributed by atoms with Crippen molar-refractivity contribution in [1.29, 1.82) is 0 Å². The van der Waals surface area contributed by atoms with Crippen LogP contribution < -0.4 is 0 Å². The lowest BCUT2D eigenvalue weighted by Crippen LogP contribution is -2.16.